The van der Waals surface area contributed by atoms with Crippen LogP contribution in [0.25, 0.3) is 0 Å². The number of phenols is 1. The Kier molecular flexibility index (Phi) is 2.73. The highest BCUT2D eigenvalue weighted by atomic mass is 16.3. The highest BCUT2D eigenvalue weighted by Crippen LogP contribution is 2.25. The predicted octanol–water partition coefficient (Wildman–Crippen LogP) is 2.19. The van der Waals surface area contributed by atoms with Gasteiger partial charge in [-0.25, -0.2) is 0 Å². The first kappa shape index (κ1) is 9.81. The number of aromatic hydroxyl groups is 1. The van der Waals surface area contributed by atoms with Gasteiger partial charge in [0.2, 0.25) is 0 Å². The van der Waals surface area contributed by atoms with Gasteiger partial charge in [-0.2, -0.15) is 0 Å². The topological polar surface area (TPSA) is 46.2 Å². The molecule has 0 aliphatic rings. The molecule has 0 aromatic heterocycles. The van der Waals surface area contributed by atoms with Crippen LogP contribution in [-0.2, 0) is 0 Å². The van der Waals surface area contributed by atoms with Gasteiger partial charge in [0.15, 0.2) is 0 Å². The number of rotatable bonds is 2. The molecule has 0 aliphatic heterocycles. The van der Waals surface area contributed by atoms with Crippen molar-refractivity contribution in [3.8, 4) is 5.75 Å². The average molecular weight is 177 g/mol. The van der Waals surface area contributed by atoms with Crippen molar-refractivity contribution in [1.29, 1.82) is 0 Å². The molecule has 3 N–H and O–H groups in total. The fraction of sp³-hybridized carbons (Fsp3) is 0.273. The molecule has 13 heavy (non-hydrogen) atoms. The zero-order valence-corrected chi connectivity index (χ0v) is 8.04. The maximum absolute atomic E-state index is 9.52. The molecule has 70 valence electrons. The Morgan fingerprint density at radius 2 is 1.85 bits per heavy atom. The van der Waals surface area contributed by atoms with Gasteiger partial charge >= 0.3 is 0 Å². The Morgan fingerprint density at radius 3 is 2.23 bits per heavy atom. The van der Waals surface area contributed by atoms with Crippen LogP contribution in [0.5, 0.6) is 5.75 Å². The predicted molar refractivity (Wildman–Crippen MR) is 54.7 cm³/mol. The molecule has 2 nitrogen and oxygen atoms in total. The monoisotopic (exact) mass is 177 g/mol. The molecule has 1 aromatic rings. The molecule has 0 radical (unpaired) electrons. The summed E-state index contributed by atoms with van der Waals surface area (Å²) < 4.78 is 0. The highest BCUT2D eigenvalue weighted by Gasteiger charge is 2.06. The van der Waals surface area contributed by atoms with E-state index in [1.165, 1.54) is 0 Å². The number of aryl methyl sites for hydroxylation is 2. The average Bonchev–Trinajstić information content (AvgIpc) is 2.12. The molecule has 1 rings (SSSR count). The molecular weight excluding hydrogens is 162 g/mol. The summed E-state index contributed by atoms with van der Waals surface area (Å²) in [7, 11) is 0. The van der Waals surface area contributed by atoms with Crippen molar-refractivity contribution in [3.05, 3.63) is 41.5 Å². The standard InChI is InChI=1S/C11H15NO/c1-4-10(12)9-5-7(2)11(13)8(3)6-9/h4-6,10,13H,1,12H2,2-3H3. The first-order valence-corrected chi connectivity index (χ1v) is 4.24. The van der Waals surface area contributed by atoms with Crippen LogP contribution in [0.15, 0.2) is 24.8 Å². The van der Waals surface area contributed by atoms with Crippen LogP contribution in [0.3, 0.4) is 0 Å². The van der Waals surface area contributed by atoms with E-state index in [0.29, 0.717) is 5.75 Å². The molecule has 1 unspecified atom stereocenters. The van der Waals surface area contributed by atoms with Gasteiger partial charge in [0, 0.05) is 6.04 Å². The number of hydrogen-bond acceptors (Lipinski definition) is 2. The minimum atomic E-state index is -0.155. The van der Waals surface area contributed by atoms with Gasteiger partial charge in [0.25, 0.3) is 0 Å². The Balaban J connectivity index is 3.20. The van der Waals surface area contributed by atoms with Crippen molar-refractivity contribution in [1.82, 2.24) is 0 Å². The van der Waals surface area contributed by atoms with E-state index >= 15 is 0 Å². The van der Waals surface area contributed by atoms with Gasteiger partial charge in [-0.1, -0.05) is 18.2 Å². The van der Waals surface area contributed by atoms with Crippen LogP contribution in [0.4, 0.5) is 0 Å². The number of phenolic OH excluding ortho intramolecular Hbond substituents is 1. The second-order valence-corrected chi connectivity index (χ2v) is 3.26. The molecule has 1 aromatic carbocycles. The van der Waals surface area contributed by atoms with Crippen molar-refractivity contribution in [2.75, 3.05) is 0 Å². The largest absolute Gasteiger partial charge is 0.507 e. The highest BCUT2D eigenvalue weighted by molar-refractivity contribution is 5.43. The second kappa shape index (κ2) is 3.62. The molecular formula is C11H15NO. The summed E-state index contributed by atoms with van der Waals surface area (Å²) in [6.07, 6.45) is 1.69. The van der Waals surface area contributed by atoms with Crippen LogP contribution in [0.1, 0.15) is 22.7 Å². The van der Waals surface area contributed by atoms with Crippen molar-refractivity contribution in [2.24, 2.45) is 5.73 Å². The van der Waals surface area contributed by atoms with E-state index in [1.54, 1.807) is 6.08 Å². The maximum Gasteiger partial charge on any atom is 0.121 e. The Labute approximate surface area is 78.7 Å². The zero-order valence-electron chi connectivity index (χ0n) is 8.04. The van der Waals surface area contributed by atoms with Crippen LogP contribution < -0.4 is 5.73 Å². The van der Waals surface area contributed by atoms with Gasteiger partial charge in [-0.3, -0.25) is 0 Å². The molecule has 2 heteroatoms. The first-order chi connectivity index (χ1) is 6.06. The molecule has 0 spiro atoms. The normalized spacial score (nSPS) is 12.5. The number of nitrogens with two attached hydrogens (primary N) is 1. The fourth-order valence-electron chi connectivity index (χ4n) is 1.32. The van der Waals surface area contributed by atoms with Gasteiger partial charge in [0.05, 0.1) is 0 Å². The zero-order chi connectivity index (χ0) is 10.0. The fourth-order valence-corrected chi connectivity index (χ4v) is 1.32. The lowest BCUT2D eigenvalue weighted by Gasteiger charge is -2.10. The Morgan fingerprint density at radius 1 is 1.38 bits per heavy atom. The molecule has 0 saturated carbocycles. The Hall–Kier alpha value is -1.28. The van der Waals surface area contributed by atoms with Crippen molar-refractivity contribution >= 4 is 0 Å². The van der Waals surface area contributed by atoms with E-state index in [9.17, 15) is 5.11 Å². The van der Waals surface area contributed by atoms with E-state index in [-0.39, 0.29) is 6.04 Å². The summed E-state index contributed by atoms with van der Waals surface area (Å²) in [6.45, 7) is 7.36. The van der Waals surface area contributed by atoms with Gasteiger partial charge in [-0.15, -0.1) is 6.58 Å². The van der Waals surface area contributed by atoms with Gasteiger partial charge in [-0.05, 0) is 30.5 Å². The minimum Gasteiger partial charge on any atom is -0.507 e. The van der Waals surface area contributed by atoms with E-state index in [1.807, 2.05) is 26.0 Å². The van der Waals surface area contributed by atoms with E-state index in [2.05, 4.69) is 6.58 Å². The molecule has 0 saturated heterocycles. The summed E-state index contributed by atoms with van der Waals surface area (Å²) in [5.74, 6) is 0.347. The van der Waals surface area contributed by atoms with Crippen LogP contribution in [0.2, 0.25) is 0 Å². The molecule has 0 heterocycles. The third kappa shape index (κ3) is 1.90. The molecule has 0 fully saturated rings. The van der Waals surface area contributed by atoms with Crippen molar-refractivity contribution in [2.45, 2.75) is 19.9 Å². The van der Waals surface area contributed by atoms with Crippen molar-refractivity contribution < 1.29 is 5.11 Å². The van der Waals surface area contributed by atoms with E-state index in [0.717, 1.165) is 16.7 Å². The van der Waals surface area contributed by atoms with E-state index in [4.69, 9.17) is 5.73 Å². The third-order valence-electron chi connectivity index (χ3n) is 2.15. The minimum absolute atomic E-state index is 0.155. The maximum atomic E-state index is 9.52. The summed E-state index contributed by atoms with van der Waals surface area (Å²) in [4.78, 5) is 0. The lowest BCUT2D eigenvalue weighted by Crippen LogP contribution is -2.06. The summed E-state index contributed by atoms with van der Waals surface area (Å²) in [6, 6.07) is 3.61. The van der Waals surface area contributed by atoms with Crippen LogP contribution in [0, 0.1) is 13.8 Å². The quantitative estimate of drug-likeness (QED) is 0.680. The second-order valence-electron chi connectivity index (χ2n) is 3.26. The van der Waals surface area contributed by atoms with Gasteiger partial charge < -0.3 is 10.8 Å². The molecule has 1 atom stereocenters. The van der Waals surface area contributed by atoms with Crippen molar-refractivity contribution in [3.63, 3.8) is 0 Å². The van der Waals surface area contributed by atoms with E-state index < -0.39 is 0 Å². The molecule has 0 bridgehead atoms. The molecule has 0 amide bonds. The lowest BCUT2D eigenvalue weighted by molar-refractivity contribution is 0.466. The summed E-state index contributed by atoms with van der Waals surface area (Å²) in [5.41, 5.74) is 8.48. The Bertz CT molecular complexity index is 308. The molecule has 0 aliphatic carbocycles. The third-order valence-corrected chi connectivity index (χ3v) is 2.15. The summed E-state index contributed by atoms with van der Waals surface area (Å²) in [5, 5.41) is 9.52. The van der Waals surface area contributed by atoms with Gasteiger partial charge in [0.1, 0.15) is 5.75 Å². The van der Waals surface area contributed by atoms with Crippen LogP contribution in [-0.4, -0.2) is 5.11 Å². The number of hydrogen-bond donors (Lipinski definition) is 2. The smallest absolute Gasteiger partial charge is 0.121 e. The SMILES string of the molecule is C=CC(N)c1cc(C)c(O)c(C)c1. The first-order valence-electron chi connectivity index (χ1n) is 4.24. The summed E-state index contributed by atoms with van der Waals surface area (Å²) >= 11 is 0. The lowest BCUT2D eigenvalue weighted by atomic mass is 10.0. The van der Waals surface area contributed by atoms with Crippen LogP contribution >= 0.6 is 0 Å². The number of benzene rings is 1.